The molecule has 0 aliphatic carbocycles. The third-order valence-electron chi connectivity index (χ3n) is 5.31. The molecule has 2 N–H and O–H groups in total. The molecule has 170 valence electrons. The summed E-state index contributed by atoms with van der Waals surface area (Å²) in [6.45, 7) is 5.18. The molecule has 0 radical (unpaired) electrons. The minimum Gasteiger partial charge on any atom is -0.483 e. The largest absolute Gasteiger partial charge is 0.483 e. The van der Waals surface area contributed by atoms with Crippen molar-refractivity contribution in [3.8, 4) is 0 Å². The third-order valence-corrected chi connectivity index (χ3v) is 5.31. The summed E-state index contributed by atoms with van der Waals surface area (Å²) in [6, 6.07) is 0.0913. The van der Waals surface area contributed by atoms with Crippen LogP contribution in [-0.2, 0) is 14.4 Å². The van der Waals surface area contributed by atoms with Gasteiger partial charge >= 0.3 is 0 Å². The van der Waals surface area contributed by atoms with Gasteiger partial charge in [-0.1, -0.05) is 12.8 Å². The smallest absolute Gasteiger partial charge is 0.290 e. The van der Waals surface area contributed by atoms with Crippen LogP contribution in [-0.4, -0.2) is 103 Å². The molecule has 1 atom stereocenters. The van der Waals surface area contributed by atoms with Crippen molar-refractivity contribution >= 4 is 18.9 Å². The quantitative estimate of drug-likeness (QED) is 0.501. The second-order valence-corrected chi connectivity index (χ2v) is 7.33. The van der Waals surface area contributed by atoms with Gasteiger partial charge in [-0.15, -0.1) is 0 Å². The molecule has 2 saturated heterocycles. The summed E-state index contributed by atoms with van der Waals surface area (Å²) in [5, 5.41) is 13.8. The fraction of sp³-hybridized carbons (Fsp3) is 0.850. The van der Waals surface area contributed by atoms with Gasteiger partial charge < -0.3 is 20.0 Å². The highest BCUT2D eigenvalue weighted by atomic mass is 19.1. The molecule has 8 nitrogen and oxygen atoms in total. The number of carbonyl (C=O) groups is 3. The first-order valence-corrected chi connectivity index (χ1v) is 10.5. The number of nitrogens with zero attached hydrogens (tertiary/aromatic N) is 3. The number of amides is 1. The first-order chi connectivity index (χ1) is 14.0. The topological polar surface area (TPSA) is 101 Å². The summed E-state index contributed by atoms with van der Waals surface area (Å²) in [7, 11) is 2.10. The van der Waals surface area contributed by atoms with Crippen LogP contribution in [0.15, 0.2) is 0 Å². The number of likely N-dealkylation sites (tertiary alicyclic amines) is 1. The molecule has 2 aliphatic rings. The Morgan fingerprint density at radius 2 is 1.62 bits per heavy atom. The Bertz CT molecular complexity index is 436. The second-order valence-electron chi connectivity index (χ2n) is 7.33. The first-order valence-electron chi connectivity index (χ1n) is 10.5. The van der Waals surface area contributed by atoms with E-state index in [9.17, 15) is 9.18 Å². The predicted octanol–water partition coefficient (Wildman–Crippen LogP) is 1.94. The van der Waals surface area contributed by atoms with Gasteiger partial charge in [0.15, 0.2) is 0 Å². The van der Waals surface area contributed by atoms with Gasteiger partial charge in [0.2, 0.25) is 5.91 Å². The summed E-state index contributed by atoms with van der Waals surface area (Å²) < 4.78 is 12.1. The van der Waals surface area contributed by atoms with Crippen LogP contribution in [0, 0.1) is 0 Å². The number of alkyl halides is 1. The van der Waals surface area contributed by atoms with Crippen molar-refractivity contribution in [3.05, 3.63) is 0 Å². The van der Waals surface area contributed by atoms with Gasteiger partial charge in [-0.2, -0.15) is 0 Å². The van der Waals surface area contributed by atoms with Crippen LogP contribution in [0.5, 0.6) is 0 Å². The zero-order valence-corrected chi connectivity index (χ0v) is 17.7. The zero-order chi connectivity index (χ0) is 21.9. The van der Waals surface area contributed by atoms with Crippen LogP contribution in [0.3, 0.4) is 0 Å². The number of hydrogen-bond donors (Lipinski definition) is 2. The van der Waals surface area contributed by atoms with Crippen molar-refractivity contribution < 1.29 is 29.0 Å². The van der Waals surface area contributed by atoms with E-state index < -0.39 is 0 Å². The van der Waals surface area contributed by atoms with E-state index in [-0.39, 0.29) is 25.7 Å². The monoisotopic (exact) mass is 419 g/mol. The molecule has 0 aromatic carbocycles. The average Bonchev–Trinajstić information content (AvgIpc) is 3.06. The number of likely N-dealkylation sites (N-methyl/N-ethyl adjacent to an activating group) is 1. The van der Waals surface area contributed by atoms with Crippen molar-refractivity contribution in [2.75, 3.05) is 53.0 Å². The van der Waals surface area contributed by atoms with E-state index in [4.69, 9.17) is 19.8 Å². The highest BCUT2D eigenvalue weighted by molar-refractivity contribution is 5.82. The maximum absolute atomic E-state index is 12.9. The van der Waals surface area contributed by atoms with E-state index in [1.165, 1.54) is 19.3 Å². The lowest BCUT2D eigenvalue weighted by Crippen LogP contribution is -2.48. The SMILES string of the molecule is CN1CCCCCC1C(=O)N1CCCN(CCCCCF)CC1.O=CO.O=CO. The number of carbonyl (C=O) groups excluding carboxylic acids is 1. The molecule has 9 heteroatoms. The van der Waals surface area contributed by atoms with Gasteiger partial charge in [0.05, 0.1) is 12.7 Å². The maximum Gasteiger partial charge on any atom is 0.290 e. The van der Waals surface area contributed by atoms with E-state index in [0.717, 1.165) is 65.0 Å². The molecular formula is C20H38FN3O5. The van der Waals surface area contributed by atoms with Gasteiger partial charge in [-0.05, 0) is 65.2 Å². The van der Waals surface area contributed by atoms with Crippen molar-refractivity contribution in [2.45, 2.75) is 57.4 Å². The van der Waals surface area contributed by atoms with Crippen LogP contribution in [0.4, 0.5) is 4.39 Å². The maximum atomic E-state index is 12.9. The summed E-state index contributed by atoms with van der Waals surface area (Å²) in [5.41, 5.74) is 0. The van der Waals surface area contributed by atoms with Crippen molar-refractivity contribution in [1.29, 1.82) is 0 Å². The average molecular weight is 420 g/mol. The van der Waals surface area contributed by atoms with E-state index in [1.807, 2.05) is 0 Å². The Balaban J connectivity index is 0.00000116. The fourth-order valence-corrected chi connectivity index (χ4v) is 3.80. The van der Waals surface area contributed by atoms with Gasteiger partial charge in [-0.3, -0.25) is 23.7 Å². The summed E-state index contributed by atoms with van der Waals surface area (Å²) in [5.74, 6) is 0.341. The molecule has 0 bridgehead atoms. The molecule has 0 aromatic rings. The molecule has 0 saturated carbocycles. The molecule has 29 heavy (non-hydrogen) atoms. The molecule has 1 amide bonds. The molecule has 0 spiro atoms. The van der Waals surface area contributed by atoms with E-state index in [1.54, 1.807) is 0 Å². The van der Waals surface area contributed by atoms with E-state index in [2.05, 4.69) is 21.7 Å². The number of unbranched alkanes of at least 4 members (excludes halogenated alkanes) is 2. The standard InChI is InChI=1S/C18H34FN3O.2CH2O2/c1-20-11-6-2-4-9-17(20)18(23)22-14-8-13-21(15-16-22)12-7-3-5-10-19;2*2-1-3/h17H,2-16H2,1H3;2*1H,(H,2,3). The number of hydrogen-bond acceptors (Lipinski definition) is 5. The normalized spacial score (nSPS) is 20.8. The minimum absolute atomic E-state index is 0.0913. The Morgan fingerprint density at radius 3 is 2.28 bits per heavy atom. The Hall–Kier alpha value is -1.74. The summed E-state index contributed by atoms with van der Waals surface area (Å²) in [6.07, 6.45) is 8.45. The minimum atomic E-state index is -0.250. The molecule has 2 aliphatic heterocycles. The molecular weight excluding hydrogens is 381 g/mol. The van der Waals surface area contributed by atoms with Crippen LogP contribution < -0.4 is 0 Å². The highest BCUT2D eigenvalue weighted by Gasteiger charge is 2.29. The lowest BCUT2D eigenvalue weighted by molar-refractivity contribution is -0.136. The molecule has 1 unspecified atom stereocenters. The Labute approximate surface area is 173 Å². The van der Waals surface area contributed by atoms with Gasteiger partial charge in [0, 0.05) is 19.6 Å². The van der Waals surface area contributed by atoms with Crippen LogP contribution in [0.25, 0.3) is 0 Å². The molecule has 2 fully saturated rings. The van der Waals surface area contributed by atoms with Crippen LogP contribution in [0.1, 0.15) is 51.4 Å². The van der Waals surface area contributed by atoms with Gasteiger partial charge in [-0.25, -0.2) is 0 Å². The highest BCUT2D eigenvalue weighted by Crippen LogP contribution is 2.18. The first kappa shape index (κ1) is 27.3. The van der Waals surface area contributed by atoms with Crippen molar-refractivity contribution in [3.63, 3.8) is 0 Å². The second kappa shape index (κ2) is 18.3. The molecule has 2 rings (SSSR count). The number of carboxylic acid groups (broad SMARTS) is 2. The van der Waals surface area contributed by atoms with Gasteiger partial charge in [0.25, 0.3) is 12.9 Å². The number of rotatable bonds is 6. The van der Waals surface area contributed by atoms with Crippen molar-refractivity contribution in [1.82, 2.24) is 14.7 Å². The zero-order valence-electron chi connectivity index (χ0n) is 17.7. The van der Waals surface area contributed by atoms with E-state index in [0.29, 0.717) is 12.3 Å². The molecule has 2 heterocycles. The summed E-state index contributed by atoms with van der Waals surface area (Å²) >= 11 is 0. The number of halogens is 1. The van der Waals surface area contributed by atoms with Crippen molar-refractivity contribution in [2.24, 2.45) is 0 Å². The lowest BCUT2D eigenvalue weighted by atomic mass is 10.1. The van der Waals surface area contributed by atoms with Crippen LogP contribution in [0.2, 0.25) is 0 Å². The lowest BCUT2D eigenvalue weighted by Gasteiger charge is -2.30. The Morgan fingerprint density at radius 1 is 0.931 bits per heavy atom. The molecule has 0 aromatic heterocycles. The third kappa shape index (κ3) is 12.4. The van der Waals surface area contributed by atoms with E-state index >= 15 is 0 Å². The summed E-state index contributed by atoms with van der Waals surface area (Å²) in [4.78, 5) is 36.4. The van der Waals surface area contributed by atoms with Gasteiger partial charge in [0.1, 0.15) is 0 Å². The Kier molecular flexibility index (Phi) is 17.2. The van der Waals surface area contributed by atoms with Crippen LogP contribution >= 0.6 is 0 Å². The fourth-order valence-electron chi connectivity index (χ4n) is 3.80. The predicted molar refractivity (Wildman–Crippen MR) is 110 cm³/mol.